The molecular weight excluding hydrogens is 298 g/mol. The summed E-state index contributed by atoms with van der Waals surface area (Å²) in [4.78, 5) is 2.12. The lowest BCUT2D eigenvalue weighted by Crippen LogP contribution is -2.10. The molecule has 3 rings (SSSR count). The summed E-state index contributed by atoms with van der Waals surface area (Å²) in [5.41, 5.74) is 5.14. The third kappa shape index (κ3) is 2.80. The van der Waals surface area contributed by atoms with Crippen LogP contribution in [0.2, 0.25) is 0 Å². The minimum atomic E-state index is -0.716. The number of aromatic nitrogens is 1. The number of hydrogen-bond donors (Lipinski definition) is 1. The molecule has 1 aromatic carbocycles. The van der Waals surface area contributed by atoms with E-state index in [0.29, 0.717) is 11.1 Å². The molecule has 4 heteroatoms. The molecule has 0 aliphatic carbocycles. The molecule has 3 aromatic rings. The molecule has 0 bridgehead atoms. The zero-order chi connectivity index (χ0) is 17.3. The second-order valence-corrected chi connectivity index (χ2v) is 6.32. The van der Waals surface area contributed by atoms with Crippen molar-refractivity contribution in [3.05, 3.63) is 65.4 Å². The fraction of sp³-hybridized carbons (Fsp3) is 0.250. The average Bonchev–Trinajstić information content (AvgIpc) is 2.89. The highest BCUT2D eigenvalue weighted by atomic mass is 16.3. The van der Waals surface area contributed by atoms with E-state index in [2.05, 4.69) is 23.1 Å². The van der Waals surface area contributed by atoms with Crippen molar-refractivity contribution in [3.63, 3.8) is 0 Å². The zero-order valence-electron chi connectivity index (χ0n) is 14.2. The van der Waals surface area contributed by atoms with Crippen LogP contribution in [0.15, 0.2) is 48.7 Å². The summed E-state index contributed by atoms with van der Waals surface area (Å²) >= 11 is 0. The summed E-state index contributed by atoms with van der Waals surface area (Å²) in [6.07, 6.45) is 1.22. The number of nitriles is 1. The lowest BCUT2D eigenvalue weighted by molar-refractivity contribution is 0.200. The van der Waals surface area contributed by atoms with Crippen LogP contribution >= 0.6 is 0 Å². The Morgan fingerprint density at radius 3 is 2.67 bits per heavy atom. The minimum Gasteiger partial charge on any atom is -0.389 e. The monoisotopic (exact) mass is 319 g/mol. The number of benzene rings is 1. The van der Waals surface area contributed by atoms with Crippen molar-refractivity contribution in [2.24, 2.45) is 0 Å². The average molecular weight is 319 g/mol. The van der Waals surface area contributed by atoms with Crippen LogP contribution in [0.5, 0.6) is 0 Å². The van der Waals surface area contributed by atoms with Crippen molar-refractivity contribution < 1.29 is 5.11 Å². The summed E-state index contributed by atoms with van der Waals surface area (Å²) < 4.78 is 2.00. The Hall–Kier alpha value is -2.61. The van der Waals surface area contributed by atoms with Crippen LogP contribution in [0.1, 0.15) is 29.7 Å². The molecule has 0 fully saturated rings. The van der Waals surface area contributed by atoms with Crippen molar-refractivity contribution in [2.45, 2.75) is 19.6 Å². The number of aliphatic hydroxyl groups is 1. The van der Waals surface area contributed by atoms with Crippen LogP contribution in [0.4, 0.5) is 0 Å². The van der Waals surface area contributed by atoms with Gasteiger partial charge in [-0.25, -0.2) is 0 Å². The molecule has 4 nitrogen and oxygen atoms in total. The van der Waals surface area contributed by atoms with Gasteiger partial charge >= 0.3 is 0 Å². The predicted molar refractivity (Wildman–Crippen MR) is 95.6 cm³/mol. The molecule has 2 heterocycles. The first-order chi connectivity index (χ1) is 11.5. The molecule has 1 unspecified atom stereocenters. The van der Waals surface area contributed by atoms with Crippen molar-refractivity contribution in [2.75, 3.05) is 14.1 Å². The fourth-order valence-corrected chi connectivity index (χ4v) is 3.23. The van der Waals surface area contributed by atoms with Gasteiger partial charge in [-0.05, 0) is 50.3 Å². The normalized spacial score (nSPS) is 12.5. The highest BCUT2D eigenvalue weighted by molar-refractivity contribution is 5.79. The number of hydrogen-bond acceptors (Lipinski definition) is 3. The number of fused-ring (bicyclic) bond motifs is 1. The molecule has 0 aliphatic heterocycles. The molecular formula is C20H21N3O. The van der Waals surface area contributed by atoms with E-state index < -0.39 is 6.10 Å². The second kappa shape index (κ2) is 6.48. The SMILES string of the molecule is CC(O)c1c(C#N)c2ccccn2c1-c1cccc(CN(C)C)c1. The highest BCUT2D eigenvalue weighted by Gasteiger charge is 2.22. The first kappa shape index (κ1) is 16.3. The van der Waals surface area contributed by atoms with Gasteiger partial charge in [0.2, 0.25) is 0 Å². The lowest BCUT2D eigenvalue weighted by Gasteiger charge is -2.13. The third-order valence-electron chi connectivity index (χ3n) is 4.11. The standard InChI is InChI=1S/C20H21N3O/c1-14(24)19-17(12-21)18-9-4-5-10-23(18)20(19)16-8-6-7-15(11-16)13-22(2)3/h4-11,14,24H,13H2,1-3H3. The van der Waals surface area contributed by atoms with Crippen molar-refractivity contribution in [3.8, 4) is 17.3 Å². The first-order valence-corrected chi connectivity index (χ1v) is 7.98. The Morgan fingerprint density at radius 1 is 1.21 bits per heavy atom. The number of nitrogens with zero attached hydrogens (tertiary/aromatic N) is 3. The van der Waals surface area contributed by atoms with Crippen molar-refractivity contribution >= 4 is 5.52 Å². The van der Waals surface area contributed by atoms with Gasteiger partial charge in [-0.15, -0.1) is 0 Å². The Kier molecular flexibility index (Phi) is 4.39. The van der Waals surface area contributed by atoms with E-state index in [0.717, 1.165) is 23.3 Å². The van der Waals surface area contributed by atoms with E-state index in [1.165, 1.54) is 5.56 Å². The smallest absolute Gasteiger partial charge is 0.102 e. The van der Waals surface area contributed by atoms with E-state index in [4.69, 9.17) is 0 Å². The first-order valence-electron chi connectivity index (χ1n) is 7.98. The Balaban J connectivity index is 2.30. The number of rotatable bonds is 4. The van der Waals surface area contributed by atoms with Gasteiger partial charge in [0.1, 0.15) is 6.07 Å². The van der Waals surface area contributed by atoms with Crippen LogP contribution in [0.25, 0.3) is 16.8 Å². The quantitative estimate of drug-likeness (QED) is 0.799. The maximum atomic E-state index is 10.3. The zero-order valence-corrected chi connectivity index (χ0v) is 14.2. The molecule has 0 aliphatic rings. The molecule has 2 aromatic heterocycles. The maximum Gasteiger partial charge on any atom is 0.102 e. The summed E-state index contributed by atoms with van der Waals surface area (Å²) in [6.45, 7) is 2.55. The van der Waals surface area contributed by atoms with E-state index in [9.17, 15) is 10.4 Å². The Bertz CT molecular complexity index is 916. The Morgan fingerprint density at radius 2 is 2.00 bits per heavy atom. The summed E-state index contributed by atoms with van der Waals surface area (Å²) in [6, 6.07) is 16.3. The molecule has 122 valence electrons. The fourth-order valence-electron chi connectivity index (χ4n) is 3.23. The van der Waals surface area contributed by atoms with Gasteiger partial charge in [0.15, 0.2) is 0 Å². The van der Waals surface area contributed by atoms with Gasteiger partial charge in [0, 0.05) is 18.3 Å². The summed E-state index contributed by atoms with van der Waals surface area (Å²) in [7, 11) is 4.07. The largest absolute Gasteiger partial charge is 0.389 e. The van der Waals surface area contributed by atoms with Gasteiger partial charge in [0.25, 0.3) is 0 Å². The molecule has 0 amide bonds. The molecule has 0 spiro atoms. The molecule has 24 heavy (non-hydrogen) atoms. The maximum absolute atomic E-state index is 10.3. The number of aliphatic hydroxyl groups excluding tert-OH is 1. The highest BCUT2D eigenvalue weighted by Crippen LogP contribution is 2.35. The van der Waals surface area contributed by atoms with Gasteiger partial charge in [0.05, 0.1) is 22.9 Å². The van der Waals surface area contributed by atoms with Crippen LogP contribution in [0.3, 0.4) is 0 Å². The van der Waals surface area contributed by atoms with Crippen LogP contribution in [0, 0.1) is 11.3 Å². The van der Waals surface area contributed by atoms with Crippen LogP contribution in [-0.2, 0) is 6.54 Å². The molecule has 0 radical (unpaired) electrons. The van der Waals surface area contributed by atoms with E-state index >= 15 is 0 Å². The summed E-state index contributed by atoms with van der Waals surface area (Å²) in [5.74, 6) is 0. The van der Waals surface area contributed by atoms with Gasteiger partial charge < -0.3 is 14.4 Å². The van der Waals surface area contributed by atoms with Gasteiger partial charge in [-0.1, -0.05) is 24.3 Å². The summed E-state index contributed by atoms with van der Waals surface area (Å²) in [5, 5.41) is 19.9. The molecule has 1 N–H and O–H groups in total. The predicted octanol–water partition coefficient (Wildman–Crippen LogP) is 3.59. The minimum absolute atomic E-state index is 0.540. The molecule has 1 atom stereocenters. The van der Waals surface area contributed by atoms with Gasteiger partial charge in [-0.3, -0.25) is 0 Å². The molecule has 0 saturated carbocycles. The van der Waals surface area contributed by atoms with Gasteiger partial charge in [-0.2, -0.15) is 5.26 Å². The van der Waals surface area contributed by atoms with Crippen molar-refractivity contribution in [1.82, 2.24) is 9.30 Å². The van der Waals surface area contributed by atoms with Crippen molar-refractivity contribution in [1.29, 1.82) is 5.26 Å². The van der Waals surface area contributed by atoms with E-state index in [1.807, 2.05) is 55.0 Å². The molecule has 0 saturated heterocycles. The number of pyridine rings is 1. The van der Waals surface area contributed by atoms with E-state index in [-0.39, 0.29) is 0 Å². The van der Waals surface area contributed by atoms with E-state index in [1.54, 1.807) is 6.92 Å². The second-order valence-electron chi connectivity index (χ2n) is 6.32. The topological polar surface area (TPSA) is 51.7 Å². The third-order valence-corrected chi connectivity index (χ3v) is 4.11. The Labute approximate surface area is 142 Å². The lowest BCUT2D eigenvalue weighted by atomic mass is 9.99. The van der Waals surface area contributed by atoms with Crippen LogP contribution < -0.4 is 0 Å². The van der Waals surface area contributed by atoms with Crippen LogP contribution in [-0.4, -0.2) is 28.5 Å².